The molecule has 0 aromatic heterocycles. The first-order valence-corrected chi connectivity index (χ1v) is 7.27. The van der Waals surface area contributed by atoms with E-state index < -0.39 is 0 Å². The number of carbonyl (C=O) groups is 1. The fourth-order valence-corrected chi connectivity index (χ4v) is 2.66. The fraction of sp³-hybridized carbons (Fsp3) is 0.929. The van der Waals surface area contributed by atoms with E-state index in [2.05, 4.69) is 5.32 Å². The second kappa shape index (κ2) is 6.41. The minimum absolute atomic E-state index is 0.139. The summed E-state index contributed by atoms with van der Waals surface area (Å²) >= 11 is 0. The van der Waals surface area contributed by atoms with Crippen LogP contribution in [-0.4, -0.2) is 44.3 Å². The minimum Gasteiger partial charge on any atom is -0.385 e. The van der Waals surface area contributed by atoms with Crippen molar-refractivity contribution in [2.45, 2.75) is 44.9 Å². The molecule has 2 aliphatic rings. The molecule has 0 atom stereocenters. The molecule has 0 bridgehead atoms. The number of methoxy groups -OCH3 is 1. The predicted octanol–water partition coefficient (Wildman–Crippen LogP) is 2.39. The maximum absolute atomic E-state index is 12.1. The van der Waals surface area contributed by atoms with Crippen LogP contribution in [-0.2, 0) is 4.74 Å². The van der Waals surface area contributed by atoms with E-state index in [0.717, 1.165) is 45.5 Å². The Hall–Kier alpha value is -0.770. The van der Waals surface area contributed by atoms with Crippen LogP contribution >= 0.6 is 0 Å². The molecule has 0 unspecified atom stereocenters. The van der Waals surface area contributed by atoms with Gasteiger partial charge in [0.1, 0.15) is 0 Å². The number of likely N-dealkylation sites (tertiary alicyclic amines) is 1. The molecule has 1 saturated heterocycles. The van der Waals surface area contributed by atoms with Gasteiger partial charge in [0.15, 0.2) is 0 Å². The lowest BCUT2D eigenvalue weighted by molar-refractivity contribution is 0.167. The number of urea groups is 1. The Bertz CT molecular complexity index is 269. The molecule has 4 nitrogen and oxygen atoms in total. The highest BCUT2D eigenvalue weighted by Crippen LogP contribution is 2.48. The van der Waals surface area contributed by atoms with Gasteiger partial charge in [0.2, 0.25) is 0 Å². The topological polar surface area (TPSA) is 41.6 Å². The number of nitrogens with zero attached hydrogens (tertiary/aromatic N) is 1. The van der Waals surface area contributed by atoms with Crippen molar-refractivity contribution in [3.05, 3.63) is 0 Å². The van der Waals surface area contributed by atoms with Crippen molar-refractivity contribution in [3.63, 3.8) is 0 Å². The van der Waals surface area contributed by atoms with Gasteiger partial charge in [-0.2, -0.15) is 0 Å². The lowest BCUT2D eigenvalue weighted by Gasteiger charge is -2.23. The van der Waals surface area contributed by atoms with Gasteiger partial charge in [0.25, 0.3) is 0 Å². The van der Waals surface area contributed by atoms with Gasteiger partial charge in [0, 0.05) is 33.4 Å². The zero-order valence-corrected chi connectivity index (χ0v) is 11.5. The second-order valence-corrected chi connectivity index (χ2v) is 5.80. The van der Waals surface area contributed by atoms with Gasteiger partial charge in [-0.3, -0.25) is 0 Å². The van der Waals surface area contributed by atoms with Crippen LogP contribution in [0.25, 0.3) is 0 Å². The van der Waals surface area contributed by atoms with E-state index in [-0.39, 0.29) is 6.03 Å². The molecular formula is C14H26N2O2. The van der Waals surface area contributed by atoms with Gasteiger partial charge in [-0.05, 0) is 37.5 Å². The van der Waals surface area contributed by atoms with Crippen LogP contribution in [0.3, 0.4) is 0 Å². The quantitative estimate of drug-likeness (QED) is 0.818. The molecule has 2 rings (SSSR count). The number of hydrogen-bond donors (Lipinski definition) is 1. The Balaban J connectivity index is 1.70. The van der Waals surface area contributed by atoms with Gasteiger partial charge < -0.3 is 15.0 Å². The molecule has 1 N–H and O–H groups in total. The molecule has 2 fully saturated rings. The molecule has 4 heteroatoms. The zero-order valence-electron chi connectivity index (χ0n) is 11.5. The van der Waals surface area contributed by atoms with E-state index in [4.69, 9.17) is 4.74 Å². The molecule has 1 heterocycles. The Morgan fingerprint density at radius 1 is 1.22 bits per heavy atom. The maximum atomic E-state index is 12.1. The largest absolute Gasteiger partial charge is 0.385 e. The van der Waals surface area contributed by atoms with Crippen LogP contribution in [0.4, 0.5) is 4.79 Å². The molecular weight excluding hydrogens is 228 g/mol. The molecule has 2 amide bonds. The lowest BCUT2D eigenvalue weighted by Crippen LogP contribution is -2.42. The summed E-state index contributed by atoms with van der Waals surface area (Å²) in [6, 6.07) is 0.139. The molecule has 18 heavy (non-hydrogen) atoms. The molecule has 0 aromatic carbocycles. The summed E-state index contributed by atoms with van der Waals surface area (Å²) < 4.78 is 5.13. The lowest BCUT2D eigenvalue weighted by atomic mass is 10.0. The molecule has 1 aliphatic carbocycles. The van der Waals surface area contributed by atoms with Crippen molar-refractivity contribution < 1.29 is 9.53 Å². The maximum Gasteiger partial charge on any atom is 0.317 e. The Kier molecular flexibility index (Phi) is 4.87. The summed E-state index contributed by atoms with van der Waals surface area (Å²) in [5, 5.41) is 3.12. The first-order valence-electron chi connectivity index (χ1n) is 7.27. The highest BCUT2D eigenvalue weighted by atomic mass is 16.5. The third-order valence-electron chi connectivity index (χ3n) is 4.30. The van der Waals surface area contributed by atoms with Crippen molar-refractivity contribution >= 4 is 6.03 Å². The van der Waals surface area contributed by atoms with Crippen LogP contribution in [0.15, 0.2) is 0 Å². The van der Waals surface area contributed by atoms with Crippen molar-refractivity contribution in [2.24, 2.45) is 5.41 Å². The summed E-state index contributed by atoms with van der Waals surface area (Å²) in [7, 11) is 1.74. The average Bonchev–Trinajstić information content (AvgIpc) is 3.18. The van der Waals surface area contributed by atoms with Crippen molar-refractivity contribution in [2.75, 3.05) is 33.4 Å². The highest BCUT2D eigenvalue weighted by molar-refractivity contribution is 5.74. The van der Waals surface area contributed by atoms with Crippen LogP contribution in [0.1, 0.15) is 44.9 Å². The van der Waals surface area contributed by atoms with Crippen LogP contribution in [0.2, 0.25) is 0 Å². The molecule has 1 aliphatic heterocycles. The molecule has 104 valence electrons. The third kappa shape index (κ3) is 3.87. The minimum atomic E-state index is 0.139. The molecule has 0 aromatic rings. The van der Waals surface area contributed by atoms with E-state index in [1.165, 1.54) is 25.7 Å². The monoisotopic (exact) mass is 254 g/mol. The van der Waals surface area contributed by atoms with Gasteiger partial charge in [-0.15, -0.1) is 0 Å². The summed E-state index contributed by atoms with van der Waals surface area (Å²) in [6.45, 7) is 3.49. The van der Waals surface area contributed by atoms with Gasteiger partial charge >= 0.3 is 6.03 Å². The number of hydrogen-bond acceptors (Lipinski definition) is 2. The van der Waals surface area contributed by atoms with Crippen molar-refractivity contribution in [1.29, 1.82) is 0 Å². The first kappa shape index (κ1) is 13.7. The standard InChI is InChI=1S/C14H26N2O2/c1-18-11-8-14(6-7-14)12-15-13(17)16-9-4-2-3-5-10-16/h2-12H2,1H3,(H,15,17). The number of carbonyl (C=O) groups excluding carboxylic acids is 1. The zero-order chi connectivity index (χ0) is 12.8. The molecule has 0 radical (unpaired) electrons. The highest BCUT2D eigenvalue weighted by Gasteiger charge is 2.42. The smallest absolute Gasteiger partial charge is 0.317 e. The van der Waals surface area contributed by atoms with E-state index in [9.17, 15) is 4.79 Å². The summed E-state index contributed by atoms with van der Waals surface area (Å²) in [6.07, 6.45) is 8.38. The average molecular weight is 254 g/mol. The normalized spacial score (nSPS) is 22.4. The van der Waals surface area contributed by atoms with Crippen molar-refractivity contribution in [3.8, 4) is 0 Å². The summed E-state index contributed by atoms with van der Waals surface area (Å²) in [5.74, 6) is 0. The Morgan fingerprint density at radius 3 is 2.44 bits per heavy atom. The van der Waals surface area contributed by atoms with E-state index >= 15 is 0 Å². The van der Waals surface area contributed by atoms with Crippen molar-refractivity contribution in [1.82, 2.24) is 10.2 Å². The number of nitrogens with one attached hydrogen (secondary N) is 1. The predicted molar refractivity (Wildman–Crippen MR) is 71.6 cm³/mol. The van der Waals surface area contributed by atoms with Gasteiger partial charge in [-0.1, -0.05) is 12.8 Å². The van der Waals surface area contributed by atoms with Crippen LogP contribution < -0.4 is 5.32 Å². The van der Waals surface area contributed by atoms with Crippen LogP contribution in [0, 0.1) is 5.41 Å². The van der Waals surface area contributed by atoms with E-state index in [1.807, 2.05) is 4.90 Å². The summed E-state index contributed by atoms with van der Waals surface area (Å²) in [4.78, 5) is 14.1. The Labute approximate surface area is 110 Å². The third-order valence-corrected chi connectivity index (χ3v) is 4.30. The molecule has 0 spiro atoms. The Morgan fingerprint density at radius 2 is 1.89 bits per heavy atom. The second-order valence-electron chi connectivity index (χ2n) is 5.80. The van der Waals surface area contributed by atoms with Crippen LogP contribution in [0.5, 0.6) is 0 Å². The van der Waals surface area contributed by atoms with Gasteiger partial charge in [0.05, 0.1) is 0 Å². The SMILES string of the molecule is COCCC1(CNC(=O)N2CCCCCC2)CC1. The number of amides is 2. The summed E-state index contributed by atoms with van der Waals surface area (Å²) in [5.41, 5.74) is 0.345. The first-order chi connectivity index (χ1) is 8.76. The van der Waals surface area contributed by atoms with E-state index in [0.29, 0.717) is 5.41 Å². The van der Waals surface area contributed by atoms with E-state index in [1.54, 1.807) is 7.11 Å². The van der Waals surface area contributed by atoms with Gasteiger partial charge in [-0.25, -0.2) is 4.79 Å². The molecule has 1 saturated carbocycles. The number of ether oxygens (including phenoxy) is 1. The fourth-order valence-electron chi connectivity index (χ4n) is 2.66. The number of rotatable bonds is 5.